The first-order valence-corrected chi connectivity index (χ1v) is 7.37. The zero-order valence-electron chi connectivity index (χ0n) is 11.1. The van der Waals surface area contributed by atoms with Gasteiger partial charge < -0.3 is 5.32 Å². The number of anilines is 1. The normalized spacial score (nSPS) is 10.3. The second kappa shape index (κ2) is 6.69. The molecule has 0 aromatic heterocycles. The summed E-state index contributed by atoms with van der Waals surface area (Å²) in [5, 5.41) is 14.0. The van der Waals surface area contributed by atoms with Crippen molar-refractivity contribution in [2.45, 2.75) is 13.3 Å². The third-order valence-corrected chi connectivity index (χ3v) is 3.83. The summed E-state index contributed by atoms with van der Waals surface area (Å²) >= 11 is 1.99. The zero-order chi connectivity index (χ0) is 14.5. The fourth-order valence-electron chi connectivity index (χ4n) is 1.98. The molecule has 4 nitrogen and oxygen atoms in total. The topological polar surface area (TPSA) is 55.2 Å². The first-order chi connectivity index (χ1) is 9.56. The van der Waals surface area contributed by atoms with E-state index in [-0.39, 0.29) is 10.6 Å². The summed E-state index contributed by atoms with van der Waals surface area (Å²) in [6.07, 6.45) is 0.926. The maximum Gasteiger partial charge on any atom is 0.282 e. The van der Waals surface area contributed by atoms with Crippen molar-refractivity contribution in [3.63, 3.8) is 0 Å². The van der Waals surface area contributed by atoms with Crippen molar-refractivity contribution in [2.24, 2.45) is 0 Å². The van der Waals surface area contributed by atoms with E-state index in [0.29, 0.717) is 3.57 Å². The molecule has 20 heavy (non-hydrogen) atoms. The van der Waals surface area contributed by atoms with Gasteiger partial charge in [0.05, 0.1) is 8.49 Å². The molecular formula is C15H15IN2O2. The molecule has 0 aliphatic carbocycles. The van der Waals surface area contributed by atoms with E-state index in [0.717, 1.165) is 18.7 Å². The van der Waals surface area contributed by atoms with Crippen molar-refractivity contribution in [3.8, 4) is 0 Å². The number of rotatable bonds is 5. The molecule has 0 bridgehead atoms. The zero-order valence-corrected chi connectivity index (χ0v) is 13.3. The highest BCUT2D eigenvalue weighted by molar-refractivity contribution is 14.1. The molecule has 2 aromatic carbocycles. The largest absolute Gasteiger partial charge is 0.385 e. The summed E-state index contributed by atoms with van der Waals surface area (Å²) in [5.74, 6) is 0. The molecule has 0 aliphatic rings. The second-order valence-electron chi connectivity index (χ2n) is 4.59. The van der Waals surface area contributed by atoms with Crippen molar-refractivity contribution < 1.29 is 4.92 Å². The van der Waals surface area contributed by atoms with Gasteiger partial charge in [-0.2, -0.15) is 0 Å². The van der Waals surface area contributed by atoms with Crippen LogP contribution in [0.3, 0.4) is 0 Å². The van der Waals surface area contributed by atoms with E-state index in [2.05, 4.69) is 36.5 Å². The minimum Gasteiger partial charge on any atom is -0.385 e. The Morgan fingerprint density at radius 2 is 2.05 bits per heavy atom. The monoisotopic (exact) mass is 382 g/mol. The number of benzene rings is 2. The van der Waals surface area contributed by atoms with Gasteiger partial charge in [0.1, 0.15) is 0 Å². The van der Waals surface area contributed by atoms with Crippen molar-refractivity contribution in [2.75, 3.05) is 11.9 Å². The highest BCUT2D eigenvalue weighted by atomic mass is 127. The average Bonchev–Trinajstić information content (AvgIpc) is 2.38. The Bertz CT molecular complexity index is 629. The third-order valence-electron chi connectivity index (χ3n) is 2.97. The molecule has 0 fully saturated rings. The Morgan fingerprint density at radius 3 is 2.70 bits per heavy atom. The quantitative estimate of drug-likeness (QED) is 0.480. The summed E-state index contributed by atoms with van der Waals surface area (Å²) in [6, 6.07) is 13.5. The first kappa shape index (κ1) is 14.8. The molecule has 1 N–H and O–H groups in total. The maximum atomic E-state index is 10.7. The van der Waals surface area contributed by atoms with Crippen LogP contribution in [0.25, 0.3) is 0 Å². The summed E-state index contributed by atoms with van der Waals surface area (Å²) in [6.45, 7) is 2.88. The average molecular weight is 382 g/mol. The molecule has 5 heteroatoms. The van der Waals surface area contributed by atoms with Gasteiger partial charge in [0.2, 0.25) is 0 Å². The molecule has 0 saturated heterocycles. The van der Waals surface area contributed by atoms with Crippen LogP contribution in [-0.2, 0) is 6.42 Å². The van der Waals surface area contributed by atoms with Crippen molar-refractivity contribution in [1.82, 2.24) is 0 Å². The van der Waals surface area contributed by atoms with E-state index in [9.17, 15) is 10.1 Å². The van der Waals surface area contributed by atoms with E-state index in [1.54, 1.807) is 12.1 Å². The van der Waals surface area contributed by atoms with Gasteiger partial charge in [0.15, 0.2) is 0 Å². The van der Waals surface area contributed by atoms with E-state index >= 15 is 0 Å². The van der Waals surface area contributed by atoms with Crippen LogP contribution in [0.1, 0.15) is 11.1 Å². The lowest BCUT2D eigenvalue weighted by molar-refractivity contribution is -0.385. The minimum atomic E-state index is -0.363. The maximum absolute atomic E-state index is 10.7. The van der Waals surface area contributed by atoms with Gasteiger partial charge in [-0.1, -0.05) is 29.8 Å². The smallest absolute Gasteiger partial charge is 0.282 e. The lowest BCUT2D eigenvalue weighted by atomic mass is 10.1. The van der Waals surface area contributed by atoms with Crippen LogP contribution in [0.5, 0.6) is 0 Å². The molecule has 0 aliphatic heterocycles. The molecule has 2 aromatic rings. The lowest BCUT2D eigenvalue weighted by Gasteiger charge is -2.07. The summed E-state index contributed by atoms with van der Waals surface area (Å²) in [5.41, 5.74) is 3.60. The number of nitro benzene ring substituents is 1. The molecule has 2 rings (SSSR count). The summed E-state index contributed by atoms with van der Waals surface area (Å²) < 4.78 is 0.646. The van der Waals surface area contributed by atoms with Crippen molar-refractivity contribution in [1.29, 1.82) is 0 Å². The van der Waals surface area contributed by atoms with Gasteiger partial charge in [-0.05, 0) is 53.6 Å². The summed E-state index contributed by atoms with van der Waals surface area (Å²) in [7, 11) is 0. The van der Waals surface area contributed by atoms with Crippen LogP contribution >= 0.6 is 22.6 Å². The van der Waals surface area contributed by atoms with E-state index < -0.39 is 0 Å². The van der Waals surface area contributed by atoms with E-state index in [1.807, 2.05) is 22.6 Å². The Hall–Kier alpha value is -1.63. The Labute approximate surface area is 131 Å². The highest BCUT2D eigenvalue weighted by Crippen LogP contribution is 2.24. The highest BCUT2D eigenvalue weighted by Gasteiger charge is 2.11. The van der Waals surface area contributed by atoms with Crippen LogP contribution in [0.4, 0.5) is 11.4 Å². The fourth-order valence-corrected chi connectivity index (χ4v) is 2.70. The number of halogens is 1. The minimum absolute atomic E-state index is 0.148. The number of nitrogens with one attached hydrogen (secondary N) is 1. The number of nitrogens with zero attached hydrogens (tertiary/aromatic N) is 1. The van der Waals surface area contributed by atoms with E-state index in [4.69, 9.17) is 0 Å². The predicted molar refractivity (Wildman–Crippen MR) is 89.2 cm³/mol. The fraction of sp³-hybridized carbons (Fsp3) is 0.200. The molecule has 0 unspecified atom stereocenters. The first-order valence-electron chi connectivity index (χ1n) is 6.29. The molecule has 0 heterocycles. The second-order valence-corrected chi connectivity index (χ2v) is 5.75. The SMILES string of the molecule is Cc1cccc(CCNc2ccc([N+](=O)[O-])c(I)c2)c1. The van der Waals surface area contributed by atoms with Gasteiger partial charge >= 0.3 is 0 Å². The van der Waals surface area contributed by atoms with Gasteiger partial charge in [0.25, 0.3) is 5.69 Å². The molecular weight excluding hydrogens is 367 g/mol. The third kappa shape index (κ3) is 3.93. The van der Waals surface area contributed by atoms with Gasteiger partial charge in [0, 0.05) is 18.3 Å². The predicted octanol–water partition coefficient (Wildman–Crippen LogP) is 4.16. The van der Waals surface area contributed by atoms with Gasteiger partial charge in [-0.15, -0.1) is 0 Å². The molecule has 0 atom stereocenters. The Balaban J connectivity index is 1.94. The van der Waals surface area contributed by atoms with Gasteiger partial charge in [-0.25, -0.2) is 0 Å². The molecule has 0 spiro atoms. The van der Waals surface area contributed by atoms with E-state index in [1.165, 1.54) is 17.2 Å². The van der Waals surface area contributed by atoms with Crippen LogP contribution < -0.4 is 5.32 Å². The Kier molecular flexibility index (Phi) is 4.94. The van der Waals surface area contributed by atoms with Crippen molar-refractivity contribution in [3.05, 3.63) is 67.3 Å². The Morgan fingerprint density at radius 1 is 1.25 bits per heavy atom. The lowest BCUT2D eigenvalue weighted by Crippen LogP contribution is -2.05. The van der Waals surface area contributed by atoms with Crippen LogP contribution in [0, 0.1) is 20.6 Å². The summed E-state index contributed by atoms with van der Waals surface area (Å²) in [4.78, 5) is 10.4. The van der Waals surface area contributed by atoms with Crippen LogP contribution in [0.2, 0.25) is 0 Å². The molecule has 0 saturated carbocycles. The molecule has 0 radical (unpaired) electrons. The molecule has 104 valence electrons. The van der Waals surface area contributed by atoms with Crippen LogP contribution in [0.15, 0.2) is 42.5 Å². The van der Waals surface area contributed by atoms with Crippen molar-refractivity contribution >= 4 is 34.0 Å². The van der Waals surface area contributed by atoms with Gasteiger partial charge in [-0.3, -0.25) is 10.1 Å². The number of nitro groups is 1. The molecule has 0 amide bonds. The van der Waals surface area contributed by atoms with Crippen LogP contribution in [-0.4, -0.2) is 11.5 Å². The number of aryl methyl sites for hydroxylation is 1. The number of hydrogen-bond donors (Lipinski definition) is 1. The standard InChI is InChI=1S/C15H15IN2O2/c1-11-3-2-4-12(9-11)7-8-17-13-5-6-15(18(19)20)14(16)10-13/h2-6,9-10,17H,7-8H2,1H3. The number of hydrogen-bond acceptors (Lipinski definition) is 3.